The first kappa shape index (κ1) is 17.1. The van der Waals surface area contributed by atoms with Gasteiger partial charge in [-0.05, 0) is 44.9 Å². The van der Waals surface area contributed by atoms with Crippen LogP contribution in [0, 0.1) is 13.8 Å². The average Bonchev–Trinajstić information content (AvgIpc) is 3.00. The molecule has 0 saturated heterocycles. The number of carbonyl (C=O) groups is 1. The van der Waals surface area contributed by atoms with Crippen molar-refractivity contribution in [1.82, 2.24) is 24.5 Å². The third-order valence-corrected chi connectivity index (χ3v) is 4.41. The number of hydrogen-bond acceptors (Lipinski definition) is 4. The zero-order chi connectivity index (χ0) is 18.0. The summed E-state index contributed by atoms with van der Waals surface area (Å²) in [6.45, 7) is 8.51. The molecule has 0 aromatic carbocycles. The topological polar surface area (TPSA) is 63.4 Å². The predicted octanol–water partition coefficient (Wildman–Crippen LogP) is 3.18. The van der Waals surface area contributed by atoms with Crippen molar-refractivity contribution in [2.45, 2.75) is 46.7 Å². The standard InChI is InChI=1S/C19H23N5O/c1-5-14(3)23(12-16-7-6-8-20-11-16)19(25)17-10-15(4)24-18(21-17)9-13(2)22-24/h6-11,14H,5,12H2,1-4H3/t14-/m1/s1. The number of aromatic nitrogens is 4. The fraction of sp³-hybridized carbons (Fsp3) is 0.368. The number of fused-ring (bicyclic) bond motifs is 1. The molecule has 0 bridgehead atoms. The summed E-state index contributed by atoms with van der Waals surface area (Å²) in [5.74, 6) is -0.0670. The van der Waals surface area contributed by atoms with Crippen molar-refractivity contribution in [1.29, 1.82) is 0 Å². The van der Waals surface area contributed by atoms with E-state index in [0.29, 0.717) is 17.9 Å². The molecule has 6 nitrogen and oxygen atoms in total. The number of aryl methyl sites for hydroxylation is 2. The lowest BCUT2D eigenvalue weighted by molar-refractivity contribution is 0.0665. The molecule has 0 N–H and O–H groups in total. The molecule has 0 fully saturated rings. The molecule has 6 heteroatoms. The normalized spacial score (nSPS) is 12.3. The Balaban J connectivity index is 1.96. The van der Waals surface area contributed by atoms with E-state index < -0.39 is 0 Å². The SMILES string of the molecule is CC[C@@H](C)N(Cc1cccnc1)C(=O)c1cc(C)n2nc(C)cc2n1. The van der Waals surface area contributed by atoms with Gasteiger partial charge in [0.1, 0.15) is 5.69 Å². The minimum absolute atomic E-state index is 0.0670. The molecule has 0 unspecified atom stereocenters. The number of nitrogens with zero attached hydrogens (tertiary/aromatic N) is 5. The van der Waals surface area contributed by atoms with E-state index in [9.17, 15) is 4.79 Å². The van der Waals surface area contributed by atoms with E-state index >= 15 is 0 Å². The van der Waals surface area contributed by atoms with Crippen molar-refractivity contribution in [3.05, 3.63) is 59.3 Å². The molecule has 3 aromatic heterocycles. The highest BCUT2D eigenvalue weighted by Crippen LogP contribution is 2.16. The molecule has 3 aromatic rings. The Kier molecular flexibility index (Phi) is 4.79. The monoisotopic (exact) mass is 337 g/mol. The molecule has 1 atom stereocenters. The smallest absolute Gasteiger partial charge is 0.273 e. The summed E-state index contributed by atoms with van der Waals surface area (Å²) in [5.41, 5.74) is 3.94. The van der Waals surface area contributed by atoms with Gasteiger partial charge in [0.05, 0.1) is 5.69 Å². The van der Waals surface area contributed by atoms with Crippen molar-refractivity contribution in [3.63, 3.8) is 0 Å². The summed E-state index contributed by atoms with van der Waals surface area (Å²) >= 11 is 0. The fourth-order valence-corrected chi connectivity index (χ4v) is 2.83. The Morgan fingerprint density at radius 1 is 1.32 bits per heavy atom. The third-order valence-electron chi connectivity index (χ3n) is 4.41. The van der Waals surface area contributed by atoms with E-state index in [2.05, 4.69) is 28.9 Å². The highest BCUT2D eigenvalue weighted by Gasteiger charge is 2.23. The largest absolute Gasteiger partial charge is 0.330 e. The summed E-state index contributed by atoms with van der Waals surface area (Å²) in [6, 6.07) is 7.67. The second-order valence-electron chi connectivity index (χ2n) is 6.39. The zero-order valence-corrected chi connectivity index (χ0v) is 15.1. The lowest BCUT2D eigenvalue weighted by atomic mass is 10.1. The molecular weight excluding hydrogens is 314 g/mol. The molecule has 1 amide bonds. The van der Waals surface area contributed by atoms with Gasteiger partial charge in [0.15, 0.2) is 5.65 Å². The Morgan fingerprint density at radius 2 is 2.12 bits per heavy atom. The molecule has 25 heavy (non-hydrogen) atoms. The van der Waals surface area contributed by atoms with Crippen LogP contribution in [0.25, 0.3) is 5.65 Å². The van der Waals surface area contributed by atoms with Crippen molar-refractivity contribution in [2.24, 2.45) is 0 Å². The summed E-state index contributed by atoms with van der Waals surface area (Å²) < 4.78 is 1.76. The van der Waals surface area contributed by atoms with Crippen LogP contribution in [0.15, 0.2) is 36.7 Å². The predicted molar refractivity (Wildman–Crippen MR) is 96.3 cm³/mol. The molecule has 0 radical (unpaired) electrons. The van der Waals surface area contributed by atoms with Crippen LogP contribution in [0.4, 0.5) is 0 Å². The Bertz CT molecular complexity index is 887. The maximum Gasteiger partial charge on any atom is 0.273 e. The first-order chi connectivity index (χ1) is 12.0. The molecule has 0 aliphatic rings. The van der Waals surface area contributed by atoms with Crippen LogP contribution in [0.3, 0.4) is 0 Å². The van der Waals surface area contributed by atoms with Crippen molar-refractivity contribution in [3.8, 4) is 0 Å². The average molecular weight is 337 g/mol. The quantitative estimate of drug-likeness (QED) is 0.717. The number of hydrogen-bond donors (Lipinski definition) is 0. The van der Waals surface area contributed by atoms with Gasteiger partial charge in [0.2, 0.25) is 0 Å². The lowest BCUT2D eigenvalue weighted by Crippen LogP contribution is -2.38. The van der Waals surface area contributed by atoms with Gasteiger partial charge in [0.25, 0.3) is 5.91 Å². The maximum atomic E-state index is 13.2. The van der Waals surface area contributed by atoms with E-state index in [1.54, 1.807) is 23.0 Å². The van der Waals surface area contributed by atoms with Crippen LogP contribution in [-0.4, -0.2) is 36.4 Å². The minimum atomic E-state index is -0.0670. The van der Waals surface area contributed by atoms with Gasteiger partial charge in [0, 0.05) is 36.7 Å². The van der Waals surface area contributed by atoms with E-state index in [1.807, 2.05) is 36.9 Å². The summed E-state index contributed by atoms with van der Waals surface area (Å²) in [4.78, 5) is 23.7. The lowest BCUT2D eigenvalue weighted by Gasteiger charge is -2.28. The molecule has 3 rings (SSSR count). The van der Waals surface area contributed by atoms with Crippen molar-refractivity contribution < 1.29 is 4.79 Å². The highest BCUT2D eigenvalue weighted by molar-refractivity contribution is 5.93. The Labute approximate surface area is 147 Å². The fourth-order valence-electron chi connectivity index (χ4n) is 2.83. The maximum absolute atomic E-state index is 13.2. The zero-order valence-electron chi connectivity index (χ0n) is 15.1. The molecule has 0 spiro atoms. The Morgan fingerprint density at radius 3 is 2.80 bits per heavy atom. The van der Waals surface area contributed by atoms with Crippen molar-refractivity contribution >= 4 is 11.6 Å². The molecule has 3 heterocycles. The van der Waals surface area contributed by atoms with Gasteiger partial charge in [-0.3, -0.25) is 9.78 Å². The van der Waals surface area contributed by atoms with E-state index in [1.165, 1.54) is 0 Å². The summed E-state index contributed by atoms with van der Waals surface area (Å²) in [6.07, 6.45) is 4.41. The van der Waals surface area contributed by atoms with Crippen LogP contribution < -0.4 is 0 Å². The van der Waals surface area contributed by atoms with Crippen LogP contribution >= 0.6 is 0 Å². The van der Waals surface area contributed by atoms with Crippen LogP contribution in [0.5, 0.6) is 0 Å². The van der Waals surface area contributed by atoms with E-state index in [0.717, 1.165) is 23.4 Å². The molecule has 0 saturated carbocycles. The molecule has 0 aliphatic heterocycles. The number of rotatable bonds is 5. The van der Waals surface area contributed by atoms with Crippen LogP contribution in [-0.2, 0) is 6.54 Å². The first-order valence-corrected chi connectivity index (χ1v) is 8.53. The number of pyridine rings is 1. The first-order valence-electron chi connectivity index (χ1n) is 8.53. The second-order valence-corrected chi connectivity index (χ2v) is 6.39. The van der Waals surface area contributed by atoms with Gasteiger partial charge in [-0.15, -0.1) is 0 Å². The molecule has 130 valence electrons. The minimum Gasteiger partial charge on any atom is -0.330 e. The van der Waals surface area contributed by atoms with Crippen molar-refractivity contribution in [2.75, 3.05) is 0 Å². The van der Waals surface area contributed by atoms with E-state index in [4.69, 9.17) is 0 Å². The summed E-state index contributed by atoms with van der Waals surface area (Å²) in [7, 11) is 0. The Hall–Kier alpha value is -2.76. The highest BCUT2D eigenvalue weighted by atomic mass is 16.2. The van der Waals surface area contributed by atoms with Crippen LogP contribution in [0.2, 0.25) is 0 Å². The van der Waals surface area contributed by atoms with Crippen LogP contribution in [0.1, 0.15) is 47.7 Å². The molecule has 0 aliphatic carbocycles. The van der Waals surface area contributed by atoms with Gasteiger partial charge >= 0.3 is 0 Å². The number of amides is 1. The van der Waals surface area contributed by atoms with E-state index in [-0.39, 0.29) is 11.9 Å². The van der Waals surface area contributed by atoms with Gasteiger partial charge in [-0.2, -0.15) is 5.10 Å². The van der Waals surface area contributed by atoms with Gasteiger partial charge < -0.3 is 4.90 Å². The number of carbonyl (C=O) groups excluding carboxylic acids is 1. The van der Waals surface area contributed by atoms with Gasteiger partial charge in [-0.25, -0.2) is 9.50 Å². The summed E-state index contributed by atoms with van der Waals surface area (Å²) in [5, 5.41) is 4.40. The second kappa shape index (κ2) is 7.01. The van der Waals surface area contributed by atoms with Gasteiger partial charge in [-0.1, -0.05) is 13.0 Å². The molecular formula is C19H23N5O. The third kappa shape index (κ3) is 3.52.